The Morgan fingerprint density at radius 1 is 0.967 bits per heavy atom. The highest BCUT2D eigenvalue weighted by molar-refractivity contribution is 7.89. The fraction of sp³-hybridized carbons (Fsp3) is 0.227. The van der Waals surface area contributed by atoms with Crippen LogP contribution in [0.1, 0.15) is 5.56 Å². The van der Waals surface area contributed by atoms with Gasteiger partial charge in [-0.1, -0.05) is 42.5 Å². The average Bonchev–Trinajstić information content (AvgIpc) is 2.76. The van der Waals surface area contributed by atoms with E-state index in [-0.39, 0.29) is 30.6 Å². The maximum Gasteiger partial charge on any atom is 0.258 e. The van der Waals surface area contributed by atoms with Crippen molar-refractivity contribution in [3.05, 3.63) is 72.3 Å². The molecule has 0 aromatic heterocycles. The van der Waals surface area contributed by atoms with Gasteiger partial charge in [0.25, 0.3) is 5.91 Å². The molecule has 7 nitrogen and oxygen atoms in total. The number of hydrogen-bond acceptors (Lipinski definition) is 5. The Bertz CT molecular complexity index is 1090. The summed E-state index contributed by atoms with van der Waals surface area (Å²) < 4.78 is 37.0. The van der Waals surface area contributed by atoms with Crippen LogP contribution >= 0.6 is 0 Å². The van der Waals surface area contributed by atoms with Gasteiger partial charge in [0.2, 0.25) is 10.0 Å². The molecule has 0 saturated heterocycles. The van der Waals surface area contributed by atoms with Gasteiger partial charge in [0, 0.05) is 20.2 Å². The molecule has 0 aliphatic carbocycles. The molecule has 0 aliphatic rings. The first-order chi connectivity index (χ1) is 14.5. The van der Waals surface area contributed by atoms with Crippen LogP contribution in [0.15, 0.2) is 71.6 Å². The Labute approximate surface area is 176 Å². The van der Waals surface area contributed by atoms with Crippen molar-refractivity contribution in [2.24, 2.45) is 0 Å². The molecule has 0 spiro atoms. The van der Waals surface area contributed by atoms with Crippen LogP contribution < -0.4 is 14.8 Å². The number of ether oxygens (including phenoxy) is 2. The van der Waals surface area contributed by atoms with Crippen LogP contribution in [0, 0.1) is 0 Å². The predicted octanol–water partition coefficient (Wildman–Crippen LogP) is 2.46. The van der Waals surface area contributed by atoms with Crippen LogP contribution in [-0.4, -0.2) is 41.2 Å². The first kappa shape index (κ1) is 21.8. The first-order valence-corrected chi connectivity index (χ1v) is 10.9. The van der Waals surface area contributed by atoms with Gasteiger partial charge >= 0.3 is 0 Å². The zero-order valence-electron chi connectivity index (χ0n) is 16.6. The summed E-state index contributed by atoms with van der Waals surface area (Å²) >= 11 is 0. The van der Waals surface area contributed by atoms with Gasteiger partial charge in [-0.05, 0) is 40.6 Å². The lowest BCUT2D eigenvalue weighted by Gasteiger charge is -2.10. The van der Waals surface area contributed by atoms with Gasteiger partial charge in [-0.3, -0.25) is 4.79 Å². The van der Waals surface area contributed by atoms with E-state index in [0.29, 0.717) is 12.3 Å². The van der Waals surface area contributed by atoms with Crippen molar-refractivity contribution in [2.45, 2.75) is 11.4 Å². The van der Waals surface area contributed by atoms with Gasteiger partial charge in [0.05, 0.1) is 11.5 Å². The quantitative estimate of drug-likeness (QED) is 0.484. The molecule has 0 atom stereocenters. The predicted molar refractivity (Wildman–Crippen MR) is 115 cm³/mol. The van der Waals surface area contributed by atoms with Gasteiger partial charge in [-0.15, -0.1) is 0 Å². The summed E-state index contributed by atoms with van der Waals surface area (Å²) in [5.74, 6) is 0.145. The summed E-state index contributed by atoms with van der Waals surface area (Å²) in [6.07, 6.45) is 0. The van der Waals surface area contributed by atoms with Crippen LogP contribution in [-0.2, 0) is 26.1 Å². The molecule has 3 aromatic carbocycles. The summed E-state index contributed by atoms with van der Waals surface area (Å²) in [4.78, 5) is 12.3. The molecule has 0 aliphatic heterocycles. The van der Waals surface area contributed by atoms with Gasteiger partial charge < -0.3 is 14.8 Å². The maximum absolute atomic E-state index is 12.1. The normalized spacial score (nSPS) is 11.4. The van der Waals surface area contributed by atoms with E-state index in [9.17, 15) is 13.2 Å². The molecule has 30 heavy (non-hydrogen) atoms. The largest absolute Gasteiger partial charge is 0.484 e. The minimum absolute atomic E-state index is 0.117. The van der Waals surface area contributed by atoms with E-state index < -0.39 is 10.0 Å². The lowest BCUT2D eigenvalue weighted by atomic mass is 10.0. The lowest BCUT2D eigenvalue weighted by molar-refractivity contribution is -0.123. The van der Waals surface area contributed by atoms with Crippen molar-refractivity contribution >= 4 is 26.7 Å². The number of carbonyl (C=O) groups excluding carboxylic acids is 1. The Kier molecular flexibility index (Phi) is 7.40. The number of carbonyl (C=O) groups is 1. The summed E-state index contributed by atoms with van der Waals surface area (Å²) in [5, 5.41) is 5.06. The maximum atomic E-state index is 12.1. The zero-order chi connectivity index (χ0) is 21.4. The minimum atomic E-state index is -3.60. The molecule has 3 rings (SSSR count). The van der Waals surface area contributed by atoms with Crippen molar-refractivity contribution in [3.8, 4) is 5.75 Å². The Morgan fingerprint density at radius 3 is 2.47 bits per heavy atom. The molecule has 8 heteroatoms. The third kappa shape index (κ3) is 5.79. The number of fused-ring (bicyclic) bond motifs is 1. The van der Waals surface area contributed by atoms with Crippen molar-refractivity contribution in [3.63, 3.8) is 0 Å². The molecule has 0 bridgehead atoms. The fourth-order valence-corrected chi connectivity index (χ4v) is 3.93. The summed E-state index contributed by atoms with van der Waals surface area (Å²) in [6, 6.07) is 19.8. The lowest BCUT2D eigenvalue weighted by Crippen LogP contribution is -2.28. The zero-order valence-corrected chi connectivity index (χ0v) is 17.4. The number of nitrogens with one attached hydrogen (secondary N) is 2. The third-order valence-electron chi connectivity index (χ3n) is 4.46. The third-order valence-corrected chi connectivity index (χ3v) is 5.94. The van der Waals surface area contributed by atoms with Crippen LogP contribution in [0.5, 0.6) is 5.75 Å². The number of hydrogen-bond donors (Lipinski definition) is 2. The van der Waals surface area contributed by atoms with E-state index in [4.69, 9.17) is 9.47 Å². The van der Waals surface area contributed by atoms with Crippen molar-refractivity contribution in [1.29, 1.82) is 0 Å². The molecule has 2 N–H and O–H groups in total. The van der Waals surface area contributed by atoms with Crippen molar-refractivity contribution in [1.82, 2.24) is 10.0 Å². The molecule has 0 saturated carbocycles. The van der Waals surface area contributed by atoms with Crippen molar-refractivity contribution in [2.75, 3.05) is 26.9 Å². The van der Waals surface area contributed by atoms with E-state index in [1.54, 1.807) is 0 Å². The SMILES string of the molecule is COCCNS(=O)(=O)c1ccc(OCC(=O)NCc2cccc3ccccc23)cc1. The highest BCUT2D eigenvalue weighted by Gasteiger charge is 2.13. The molecule has 0 unspecified atom stereocenters. The van der Waals surface area contributed by atoms with Crippen LogP contribution in [0.4, 0.5) is 0 Å². The summed E-state index contributed by atoms with van der Waals surface area (Å²) in [7, 11) is -2.10. The van der Waals surface area contributed by atoms with Crippen LogP contribution in [0.3, 0.4) is 0 Å². The topological polar surface area (TPSA) is 93.7 Å². The van der Waals surface area contributed by atoms with Crippen LogP contribution in [0.25, 0.3) is 10.8 Å². The second kappa shape index (κ2) is 10.2. The number of rotatable bonds is 10. The number of sulfonamides is 1. The van der Waals surface area contributed by atoms with E-state index in [0.717, 1.165) is 16.3 Å². The smallest absolute Gasteiger partial charge is 0.258 e. The number of benzene rings is 3. The summed E-state index contributed by atoms with van der Waals surface area (Å²) in [6.45, 7) is 0.707. The second-order valence-electron chi connectivity index (χ2n) is 6.57. The standard InChI is InChI=1S/C22H24N2O5S/c1-28-14-13-24-30(26,27)20-11-9-19(10-12-20)29-16-22(25)23-15-18-7-4-6-17-5-2-3-8-21(17)18/h2-12,24H,13-16H2,1H3,(H,23,25). The molecule has 0 fully saturated rings. The molecule has 158 valence electrons. The number of methoxy groups -OCH3 is 1. The summed E-state index contributed by atoms with van der Waals surface area (Å²) in [5.41, 5.74) is 1.02. The molecular weight excluding hydrogens is 404 g/mol. The first-order valence-electron chi connectivity index (χ1n) is 9.44. The van der Waals surface area contributed by atoms with E-state index >= 15 is 0 Å². The van der Waals surface area contributed by atoms with Gasteiger partial charge in [0.15, 0.2) is 6.61 Å². The fourth-order valence-electron chi connectivity index (χ4n) is 2.92. The Hall–Kier alpha value is -2.94. The monoisotopic (exact) mass is 428 g/mol. The van der Waals surface area contributed by atoms with Gasteiger partial charge in [-0.2, -0.15) is 0 Å². The average molecular weight is 429 g/mol. The Morgan fingerprint density at radius 2 is 1.70 bits per heavy atom. The van der Waals surface area contributed by atoms with Crippen LogP contribution in [0.2, 0.25) is 0 Å². The van der Waals surface area contributed by atoms with E-state index in [1.165, 1.54) is 31.4 Å². The highest BCUT2D eigenvalue weighted by atomic mass is 32.2. The van der Waals surface area contributed by atoms with Gasteiger partial charge in [0.1, 0.15) is 5.75 Å². The molecule has 0 heterocycles. The van der Waals surface area contributed by atoms with Gasteiger partial charge in [-0.25, -0.2) is 13.1 Å². The molecule has 0 radical (unpaired) electrons. The molecule has 3 aromatic rings. The van der Waals surface area contributed by atoms with E-state index in [2.05, 4.69) is 10.0 Å². The van der Waals surface area contributed by atoms with Crippen molar-refractivity contribution < 1.29 is 22.7 Å². The molecule has 1 amide bonds. The molecular formula is C22H24N2O5S. The second-order valence-corrected chi connectivity index (χ2v) is 8.33. The number of amides is 1. The van der Waals surface area contributed by atoms with E-state index in [1.807, 2.05) is 42.5 Å². The Balaban J connectivity index is 1.51. The highest BCUT2D eigenvalue weighted by Crippen LogP contribution is 2.18. The minimum Gasteiger partial charge on any atom is -0.484 e.